The summed E-state index contributed by atoms with van der Waals surface area (Å²) in [4.78, 5) is 26.4. The van der Waals surface area contributed by atoms with Gasteiger partial charge in [-0.1, -0.05) is 0 Å². The number of carbonyl (C=O) groups excluding carboxylic acids is 2. The molecule has 0 aliphatic rings. The molecule has 0 aliphatic carbocycles. The molecule has 96 valence electrons. The van der Waals surface area contributed by atoms with Gasteiger partial charge in [0, 0.05) is 12.4 Å². The highest BCUT2D eigenvalue weighted by Crippen LogP contribution is 1.94. The van der Waals surface area contributed by atoms with E-state index in [0.29, 0.717) is 5.56 Å². The van der Waals surface area contributed by atoms with Gasteiger partial charge in [0.2, 0.25) is 0 Å². The van der Waals surface area contributed by atoms with Crippen LogP contribution in [0.25, 0.3) is 0 Å². The SMILES string of the molecule is CCOC(=O)/C=C(\N)NNC(=O)c1cccnc1. The fraction of sp³-hybridized carbons (Fsp3) is 0.182. The van der Waals surface area contributed by atoms with E-state index in [1.165, 1.54) is 6.20 Å². The van der Waals surface area contributed by atoms with E-state index in [-0.39, 0.29) is 12.4 Å². The Kier molecular flexibility index (Phi) is 5.17. The molecular formula is C11H14N4O3. The number of rotatable bonds is 5. The lowest BCUT2D eigenvalue weighted by atomic mass is 10.3. The minimum Gasteiger partial charge on any atom is -0.463 e. The van der Waals surface area contributed by atoms with Crippen LogP contribution >= 0.6 is 0 Å². The number of nitrogens with zero attached hydrogens (tertiary/aromatic N) is 1. The normalized spacial score (nSPS) is 10.6. The molecular weight excluding hydrogens is 236 g/mol. The Morgan fingerprint density at radius 1 is 1.50 bits per heavy atom. The number of carbonyl (C=O) groups is 2. The lowest BCUT2D eigenvalue weighted by molar-refractivity contribution is -0.137. The van der Waals surface area contributed by atoms with Gasteiger partial charge in [0.1, 0.15) is 5.82 Å². The average molecular weight is 250 g/mol. The first-order chi connectivity index (χ1) is 8.63. The molecule has 0 aromatic carbocycles. The minimum atomic E-state index is -0.585. The molecule has 18 heavy (non-hydrogen) atoms. The minimum absolute atomic E-state index is 0.0225. The molecule has 1 heterocycles. The van der Waals surface area contributed by atoms with E-state index >= 15 is 0 Å². The van der Waals surface area contributed by atoms with Crippen molar-refractivity contribution in [3.63, 3.8) is 0 Å². The van der Waals surface area contributed by atoms with Gasteiger partial charge in [-0.2, -0.15) is 0 Å². The zero-order valence-electron chi connectivity index (χ0n) is 9.84. The number of esters is 1. The van der Waals surface area contributed by atoms with Crippen molar-refractivity contribution in [1.82, 2.24) is 15.8 Å². The smallest absolute Gasteiger partial charge is 0.334 e. The number of aromatic nitrogens is 1. The second kappa shape index (κ2) is 6.89. The van der Waals surface area contributed by atoms with Gasteiger partial charge < -0.3 is 10.5 Å². The summed E-state index contributed by atoms with van der Waals surface area (Å²) in [5, 5.41) is 0. The first kappa shape index (κ1) is 13.5. The summed E-state index contributed by atoms with van der Waals surface area (Å²) in [6, 6.07) is 3.22. The monoisotopic (exact) mass is 250 g/mol. The summed E-state index contributed by atoms with van der Waals surface area (Å²) in [5.74, 6) is -1.02. The number of hydrazine groups is 1. The predicted molar refractivity (Wildman–Crippen MR) is 63.7 cm³/mol. The fourth-order valence-corrected chi connectivity index (χ4v) is 1.05. The number of ether oxygens (including phenoxy) is 1. The van der Waals surface area contributed by atoms with Gasteiger partial charge in [0.15, 0.2) is 0 Å². The number of amides is 1. The van der Waals surface area contributed by atoms with Crippen LogP contribution in [0.4, 0.5) is 0 Å². The van der Waals surface area contributed by atoms with Crippen LogP contribution in [-0.2, 0) is 9.53 Å². The maximum atomic E-state index is 11.5. The maximum Gasteiger partial charge on any atom is 0.334 e. The number of nitrogens with one attached hydrogen (secondary N) is 2. The molecule has 7 nitrogen and oxygen atoms in total. The van der Waals surface area contributed by atoms with Crippen LogP contribution < -0.4 is 16.6 Å². The van der Waals surface area contributed by atoms with Gasteiger partial charge in [0.05, 0.1) is 18.2 Å². The summed E-state index contributed by atoms with van der Waals surface area (Å²) in [6.07, 6.45) is 3.99. The van der Waals surface area contributed by atoms with Crippen molar-refractivity contribution in [2.24, 2.45) is 5.73 Å². The standard InChI is InChI=1S/C11H14N4O3/c1-2-18-10(16)6-9(12)14-15-11(17)8-4-3-5-13-7-8/h3-7,14H,2,12H2,1H3,(H,15,17)/b9-6+. The van der Waals surface area contributed by atoms with Crippen LogP contribution in [0.3, 0.4) is 0 Å². The summed E-state index contributed by atoms with van der Waals surface area (Å²) in [6.45, 7) is 1.93. The van der Waals surface area contributed by atoms with Crippen LogP contribution in [-0.4, -0.2) is 23.5 Å². The van der Waals surface area contributed by atoms with Gasteiger partial charge in [-0.25, -0.2) is 4.79 Å². The lowest BCUT2D eigenvalue weighted by Crippen LogP contribution is -2.39. The molecule has 0 unspecified atom stereocenters. The van der Waals surface area contributed by atoms with E-state index < -0.39 is 11.9 Å². The first-order valence-electron chi connectivity index (χ1n) is 5.23. The molecule has 1 aromatic heterocycles. The molecule has 0 atom stereocenters. The van der Waals surface area contributed by atoms with E-state index in [4.69, 9.17) is 5.73 Å². The number of hydrogen-bond acceptors (Lipinski definition) is 6. The van der Waals surface area contributed by atoms with Crippen molar-refractivity contribution in [2.75, 3.05) is 6.61 Å². The number of hydrogen-bond donors (Lipinski definition) is 3. The van der Waals surface area contributed by atoms with Gasteiger partial charge in [-0.3, -0.25) is 20.6 Å². The third-order valence-electron chi connectivity index (χ3n) is 1.80. The van der Waals surface area contributed by atoms with Gasteiger partial charge in [-0.15, -0.1) is 0 Å². The van der Waals surface area contributed by atoms with Gasteiger partial charge in [-0.05, 0) is 19.1 Å². The Morgan fingerprint density at radius 3 is 2.89 bits per heavy atom. The molecule has 0 fully saturated rings. The van der Waals surface area contributed by atoms with Crippen LogP contribution in [0.5, 0.6) is 0 Å². The van der Waals surface area contributed by atoms with E-state index in [9.17, 15) is 9.59 Å². The highest BCUT2D eigenvalue weighted by Gasteiger charge is 2.04. The molecule has 0 saturated heterocycles. The third-order valence-corrected chi connectivity index (χ3v) is 1.80. The summed E-state index contributed by atoms with van der Waals surface area (Å²) in [7, 11) is 0. The molecule has 0 radical (unpaired) electrons. The molecule has 0 aliphatic heterocycles. The van der Waals surface area contributed by atoms with Crippen molar-refractivity contribution in [1.29, 1.82) is 0 Å². The Balaban J connectivity index is 2.46. The van der Waals surface area contributed by atoms with Crippen molar-refractivity contribution >= 4 is 11.9 Å². The van der Waals surface area contributed by atoms with Crippen LogP contribution in [0, 0.1) is 0 Å². The van der Waals surface area contributed by atoms with E-state index in [1.54, 1.807) is 25.3 Å². The van der Waals surface area contributed by atoms with Crippen LogP contribution in [0.1, 0.15) is 17.3 Å². The molecule has 0 saturated carbocycles. The van der Waals surface area contributed by atoms with Crippen molar-refractivity contribution in [3.05, 3.63) is 42.0 Å². The Labute approximate surface area is 104 Å². The quantitative estimate of drug-likeness (QED) is 0.375. The van der Waals surface area contributed by atoms with Crippen LogP contribution in [0.2, 0.25) is 0 Å². The first-order valence-corrected chi connectivity index (χ1v) is 5.23. The molecule has 1 aromatic rings. The average Bonchev–Trinajstić information content (AvgIpc) is 2.37. The largest absolute Gasteiger partial charge is 0.463 e. The molecule has 0 spiro atoms. The topological polar surface area (TPSA) is 106 Å². The zero-order chi connectivity index (χ0) is 13.4. The molecule has 0 bridgehead atoms. The lowest BCUT2D eigenvalue weighted by Gasteiger charge is -2.07. The summed E-state index contributed by atoms with van der Waals surface area (Å²) >= 11 is 0. The molecule has 1 rings (SSSR count). The predicted octanol–water partition coefficient (Wildman–Crippen LogP) is -0.321. The highest BCUT2D eigenvalue weighted by molar-refractivity contribution is 5.93. The zero-order valence-corrected chi connectivity index (χ0v) is 9.84. The van der Waals surface area contributed by atoms with E-state index in [2.05, 4.69) is 20.6 Å². The van der Waals surface area contributed by atoms with E-state index in [0.717, 1.165) is 6.08 Å². The van der Waals surface area contributed by atoms with Crippen molar-refractivity contribution < 1.29 is 14.3 Å². The highest BCUT2D eigenvalue weighted by atomic mass is 16.5. The summed E-state index contributed by atoms with van der Waals surface area (Å²) in [5.41, 5.74) is 10.5. The Bertz CT molecular complexity index is 445. The Hall–Kier alpha value is -2.57. The number of nitrogens with two attached hydrogens (primary N) is 1. The fourth-order valence-electron chi connectivity index (χ4n) is 1.05. The second-order valence-corrected chi connectivity index (χ2v) is 3.17. The second-order valence-electron chi connectivity index (χ2n) is 3.17. The van der Waals surface area contributed by atoms with Gasteiger partial charge >= 0.3 is 5.97 Å². The Morgan fingerprint density at radius 2 is 2.28 bits per heavy atom. The van der Waals surface area contributed by atoms with Gasteiger partial charge in [0.25, 0.3) is 5.91 Å². The van der Waals surface area contributed by atoms with Crippen molar-refractivity contribution in [3.8, 4) is 0 Å². The summed E-state index contributed by atoms with van der Waals surface area (Å²) < 4.78 is 4.65. The molecule has 7 heteroatoms. The van der Waals surface area contributed by atoms with E-state index in [1.807, 2.05) is 0 Å². The maximum absolute atomic E-state index is 11.5. The number of pyridine rings is 1. The molecule has 4 N–H and O–H groups in total. The van der Waals surface area contributed by atoms with Crippen LogP contribution in [0.15, 0.2) is 36.4 Å². The third kappa shape index (κ3) is 4.52. The van der Waals surface area contributed by atoms with Crippen molar-refractivity contribution in [2.45, 2.75) is 6.92 Å². The molecule has 1 amide bonds.